The van der Waals surface area contributed by atoms with Crippen molar-refractivity contribution in [1.29, 1.82) is 0 Å². The molecule has 0 aliphatic heterocycles. The van der Waals surface area contributed by atoms with Crippen molar-refractivity contribution in [2.45, 2.75) is 19.4 Å². The summed E-state index contributed by atoms with van der Waals surface area (Å²) in [5, 5.41) is 8.73. The van der Waals surface area contributed by atoms with Crippen molar-refractivity contribution in [3.05, 3.63) is 35.1 Å². The van der Waals surface area contributed by atoms with Crippen LogP contribution in [0.1, 0.15) is 11.1 Å². The lowest BCUT2D eigenvalue weighted by molar-refractivity contribution is -0.148. The van der Waals surface area contributed by atoms with Crippen LogP contribution in [0.3, 0.4) is 0 Å². The van der Waals surface area contributed by atoms with Crippen LogP contribution in [0.15, 0.2) is 18.2 Å². The molecule has 4 heteroatoms. The number of hydrogen-bond donors (Lipinski definition) is 1. The summed E-state index contributed by atoms with van der Waals surface area (Å²) in [6, 6.07) is 4.70. The van der Waals surface area contributed by atoms with Crippen molar-refractivity contribution >= 4 is 5.97 Å². The minimum absolute atomic E-state index is 0.0396. The zero-order chi connectivity index (χ0) is 11.4. The molecule has 0 heterocycles. The van der Waals surface area contributed by atoms with Gasteiger partial charge in [-0.05, 0) is 24.1 Å². The molecule has 0 saturated heterocycles. The molecule has 1 N–H and O–H groups in total. The lowest BCUT2D eigenvalue weighted by Crippen LogP contribution is -2.25. The fraction of sp³-hybridized carbons (Fsp3) is 0.364. The zero-order valence-corrected chi connectivity index (χ0v) is 8.66. The van der Waals surface area contributed by atoms with E-state index in [1.165, 1.54) is 13.2 Å². The van der Waals surface area contributed by atoms with Gasteiger partial charge in [-0.2, -0.15) is 0 Å². The van der Waals surface area contributed by atoms with Gasteiger partial charge in [0.25, 0.3) is 0 Å². The van der Waals surface area contributed by atoms with Gasteiger partial charge < -0.3 is 9.84 Å². The van der Waals surface area contributed by atoms with Gasteiger partial charge in [-0.1, -0.05) is 12.1 Å². The van der Waals surface area contributed by atoms with Crippen molar-refractivity contribution < 1.29 is 19.0 Å². The Morgan fingerprint density at radius 3 is 2.73 bits per heavy atom. The number of carbonyl (C=O) groups is 1. The van der Waals surface area contributed by atoms with Crippen LogP contribution in [0, 0.1) is 12.7 Å². The van der Waals surface area contributed by atoms with Gasteiger partial charge in [-0.3, -0.25) is 0 Å². The van der Waals surface area contributed by atoms with Gasteiger partial charge in [-0.25, -0.2) is 9.18 Å². The maximum Gasteiger partial charge on any atom is 0.333 e. The summed E-state index contributed by atoms with van der Waals surface area (Å²) < 4.78 is 18.1. The third-order valence-electron chi connectivity index (χ3n) is 2.17. The highest BCUT2D eigenvalue weighted by Crippen LogP contribution is 2.13. The number of aliphatic carboxylic acids is 1. The molecule has 1 unspecified atom stereocenters. The molecule has 1 atom stereocenters. The van der Waals surface area contributed by atoms with E-state index in [0.717, 1.165) is 5.56 Å². The average Bonchev–Trinajstić information content (AvgIpc) is 2.16. The molecular formula is C11H13FO3. The van der Waals surface area contributed by atoms with Gasteiger partial charge in [0.1, 0.15) is 5.82 Å². The molecule has 0 aliphatic carbocycles. The summed E-state index contributed by atoms with van der Waals surface area (Å²) in [7, 11) is 1.30. The van der Waals surface area contributed by atoms with E-state index in [1.54, 1.807) is 19.1 Å². The Balaban J connectivity index is 2.84. The van der Waals surface area contributed by atoms with Crippen LogP contribution in [0.2, 0.25) is 0 Å². The molecule has 0 amide bonds. The Labute approximate surface area is 87.5 Å². The summed E-state index contributed by atoms with van der Waals surface area (Å²) in [6.45, 7) is 1.78. The summed E-state index contributed by atoms with van der Waals surface area (Å²) in [4.78, 5) is 10.7. The topological polar surface area (TPSA) is 46.5 Å². The van der Waals surface area contributed by atoms with Crippen LogP contribution in [-0.2, 0) is 16.0 Å². The van der Waals surface area contributed by atoms with Crippen LogP contribution in [0.4, 0.5) is 4.39 Å². The first-order chi connectivity index (χ1) is 7.04. The lowest BCUT2D eigenvalue weighted by atomic mass is 10.1. The first-order valence-electron chi connectivity index (χ1n) is 4.55. The van der Waals surface area contributed by atoms with E-state index in [1.807, 2.05) is 0 Å². The molecule has 0 aromatic heterocycles. The maximum absolute atomic E-state index is 13.4. The van der Waals surface area contributed by atoms with Gasteiger partial charge in [0.05, 0.1) is 0 Å². The molecule has 0 radical (unpaired) electrons. The molecule has 0 fully saturated rings. The van der Waals surface area contributed by atoms with Gasteiger partial charge in [-0.15, -0.1) is 0 Å². The fourth-order valence-corrected chi connectivity index (χ4v) is 1.29. The van der Waals surface area contributed by atoms with Gasteiger partial charge in [0.15, 0.2) is 6.10 Å². The van der Waals surface area contributed by atoms with Gasteiger partial charge in [0, 0.05) is 13.5 Å². The van der Waals surface area contributed by atoms with E-state index in [9.17, 15) is 9.18 Å². The van der Waals surface area contributed by atoms with Gasteiger partial charge in [0.2, 0.25) is 0 Å². The second kappa shape index (κ2) is 4.89. The standard InChI is InChI=1S/C11H13FO3/c1-7-3-4-8(9(12)5-7)6-10(15-2)11(13)14/h3-5,10H,6H2,1-2H3,(H,13,14). The number of rotatable bonds is 4. The van der Waals surface area contributed by atoms with Crippen LogP contribution in [0.5, 0.6) is 0 Å². The van der Waals surface area contributed by atoms with Crippen LogP contribution in [-0.4, -0.2) is 24.3 Å². The van der Waals surface area contributed by atoms with Crippen molar-refractivity contribution in [2.24, 2.45) is 0 Å². The molecule has 82 valence electrons. The van der Waals surface area contributed by atoms with Crippen molar-refractivity contribution in [3.63, 3.8) is 0 Å². The van der Waals surface area contributed by atoms with Gasteiger partial charge >= 0.3 is 5.97 Å². The number of aryl methyl sites for hydroxylation is 1. The number of methoxy groups -OCH3 is 1. The van der Waals surface area contributed by atoms with Crippen LogP contribution >= 0.6 is 0 Å². The minimum Gasteiger partial charge on any atom is -0.479 e. The third-order valence-corrected chi connectivity index (χ3v) is 2.17. The highest BCUT2D eigenvalue weighted by molar-refractivity contribution is 5.72. The molecule has 15 heavy (non-hydrogen) atoms. The second-order valence-electron chi connectivity index (χ2n) is 3.36. The van der Waals surface area contributed by atoms with Crippen molar-refractivity contribution in [1.82, 2.24) is 0 Å². The van der Waals surface area contributed by atoms with E-state index in [0.29, 0.717) is 5.56 Å². The second-order valence-corrected chi connectivity index (χ2v) is 3.36. The first kappa shape index (κ1) is 11.7. The van der Waals surface area contributed by atoms with Crippen molar-refractivity contribution in [2.75, 3.05) is 7.11 Å². The zero-order valence-electron chi connectivity index (χ0n) is 8.66. The van der Waals surface area contributed by atoms with Crippen LogP contribution in [0.25, 0.3) is 0 Å². The highest BCUT2D eigenvalue weighted by Gasteiger charge is 2.18. The van der Waals surface area contributed by atoms with E-state index < -0.39 is 17.9 Å². The molecule has 3 nitrogen and oxygen atoms in total. The lowest BCUT2D eigenvalue weighted by Gasteiger charge is -2.11. The predicted molar refractivity (Wildman–Crippen MR) is 53.3 cm³/mol. The molecule has 0 saturated carbocycles. The fourth-order valence-electron chi connectivity index (χ4n) is 1.29. The third kappa shape index (κ3) is 3.02. The molecular weight excluding hydrogens is 199 g/mol. The summed E-state index contributed by atoms with van der Waals surface area (Å²) in [5.41, 5.74) is 1.16. The predicted octanol–water partition coefficient (Wildman–Crippen LogP) is 1.78. The molecule has 0 spiro atoms. The number of carboxylic acids is 1. The largest absolute Gasteiger partial charge is 0.479 e. The Kier molecular flexibility index (Phi) is 3.80. The summed E-state index contributed by atoms with van der Waals surface area (Å²) >= 11 is 0. The number of carboxylic acid groups (broad SMARTS) is 1. The Morgan fingerprint density at radius 2 is 2.27 bits per heavy atom. The Hall–Kier alpha value is -1.42. The smallest absolute Gasteiger partial charge is 0.333 e. The summed E-state index contributed by atoms with van der Waals surface area (Å²) in [5.74, 6) is -1.48. The SMILES string of the molecule is COC(Cc1ccc(C)cc1F)C(=O)O. The van der Waals surface area contributed by atoms with E-state index >= 15 is 0 Å². The molecule has 1 aromatic carbocycles. The molecule has 1 aromatic rings. The normalized spacial score (nSPS) is 12.5. The molecule has 1 rings (SSSR count). The Bertz CT molecular complexity index is 363. The van der Waals surface area contributed by atoms with Crippen LogP contribution < -0.4 is 0 Å². The number of benzene rings is 1. The first-order valence-corrected chi connectivity index (χ1v) is 4.55. The number of ether oxygens (including phenoxy) is 1. The van der Waals surface area contributed by atoms with E-state index in [4.69, 9.17) is 9.84 Å². The highest BCUT2D eigenvalue weighted by atomic mass is 19.1. The molecule has 0 bridgehead atoms. The monoisotopic (exact) mass is 212 g/mol. The quantitative estimate of drug-likeness (QED) is 0.827. The summed E-state index contributed by atoms with van der Waals surface area (Å²) in [6.07, 6.45) is -0.958. The Morgan fingerprint density at radius 1 is 1.60 bits per heavy atom. The van der Waals surface area contributed by atoms with E-state index in [2.05, 4.69) is 0 Å². The minimum atomic E-state index is -1.09. The number of halogens is 1. The van der Waals surface area contributed by atoms with E-state index in [-0.39, 0.29) is 6.42 Å². The molecule has 0 aliphatic rings. The maximum atomic E-state index is 13.4. The number of hydrogen-bond acceptors (Lipinski definition) is 2. The van der Waals surface area contributed by atoms with Crippen molar-refractivity contribution in [3.8, 4) is 0 Å². The average molecular weight is 212 g/mol.